The highest BCUT2D eigenvalue weighted by Crippen LogP contribution is 2.37. The molecule has 3 nitrogen and oxygen atoms in total. The van der Waals surface area contributed by atoms with E-state index in [0.29, 0.717) is 0 Å². The van der Waals surface area contributed by atoms with Crippen LogP contribution in [0.3, 0.4) is 0 Å². The second kappa shape index (κ2) is 5.64. The fourth-order valence-corrected chi connectivity index (χ4v) is 3.62. The third-order valence-corrected chi connectivity index (χ3v) is 5.06. The first-order chi connectivity index (χ1) is 11.5. The molecule has 24 heavy (non-hydrogen) atoms. The fourth-order valence-electron chi connectivity index (χ4n) is 2.80. The minimum atomic E-state index is -0.172. The van der Waals surface area contributed by atoms with Crippen molar-refractivity contribution in [2.24, 2.45) is 0 Å². The Bertz CT molecular complexity index is 881. The summed E-state index contributed by atoms with van der Waals surface area (Å²) in [7, 11) is 0. The highest BCUT2D eigenvalue weighted by Gasteiger charge is 2.26. The zero-order valence-electron chi connectivity index (χ0n) is 14.1. The molecule has 1 aliphatic heterocycles. The van der Waals surface area contributed by atoms with Crippen LogP contribution in [-0.2, 0) is 0 Å². The molecule has 0 spiro atoms. The number of aromatic nitrogens is 1. The standard InChI is InChI=1S/C20H20N2OS/c1-13-4-6-14(7-5-13)17-11-24-19(22-17)15-8-9-18-16(10-15)21-12-20(2,3)23-18/h4-11,21H,12H2,1-3H3. The molecular formula is C20H20N2OS. The van der Waals surface area contributed by atoms with Crippen molar-refractivity contribution in [1.82, 2.24) is 4.98 Å². The van der Waals surface area contributed by atoms with Gasteiger partial charge in [-0.25, -0.2) is 4.98 Å². The molecule has 1 aliphatic rings. The molecule has 2 heterocycles. The third-order valence-electron chi connectivity index (χ3n) is 4.17. The number of hydrogen-bond acceptors (Lipinski definition) is 4. The smallest absolute Gasteiger partial charge is 0.143 e. The molecule has 0 atom stereocenters. The Kier molecular flexibility index (Phi) is 3.57. The summed E-state index contributed by atoms with van der Waals surface area (Å²) in [6.45, 7) is 7.08. The highest BCUT2D eigenvalue weighted by molar-refractivity contribution is 7.13. The lowest BCUT2D eigenvalue weighted by molar-refractivity contribution is 0.116. The maximum absolute atomic E-state index is 6.02. The van der Waals surface area contributed by atoms with Gasteiger partial charge in [0.15, 0.2) is 0 Å². The molecule has 0 radical (unpaired) electrons. The summed E-state index contributed by atoms with van der Waals surface area (Å²) >= 11 is 1.67. The highest BCUT2D eigenvalue weighted by atomic mass is 32.1. The van der Waals surface area contributed by atoms with Crippen molar-refractivity contribution in [3.8, 4) is 27.6 Å². The van der Waals surface area contributed by atoms with E-state index in [2.05, 4.69) is 67.9 Å². The fraction of sp³-hybridized carbons (Fsp3) is 0.250. The van der Waals surface area contributed by atoms with E-state index in [1.807, 2.05) is 6.07 Å². The van der Waals surface area contributed by atoms with Gasteiger partial charge in [-0.1, -0.05) is 29.8 Å². The monoisotopic (exact) mass is 336 g/mol. The lowest BCUT2D eigenvalue weighted by atomic mass is 10.1. The van der Waals surface area contributed by atoms with Crippen molar-refractivity contribution in [3.05, 3.63) is 53.4 Å². The van der Waals surface area contributed by atoms with Crippen LogP contribution in [0.5, 0.6) is 5.75 Å². The van der Waals surface area contributed by atoms with Crippen molar-refractivity contribution in [1.29, 1.82) is 0 Å². The van der Waals surface area contributed by atoms with Gasteiger partial charge in [0.05, 0.1) is 17.9 Å². The van der Waals surface area contributed by atoms with Crippen LogP contribution < -0.4 is 10.1 Å². The van der Waals surface area contributed by atoms with Gasteiger partial charge in [-0.05, 0) is 39.0 Å². The number of nitrogens with zero attached hydrogens (tertiary/aromatic N) is 1. The zero-order valence-corrected chi connectivity index (χ0v) is 14.9. The molecule has 0 saturated heterocycles. The topological polar surface area (TPSA) is 34.1 Å². The van der Waals surface area contributed by atoms with Gasteiger partial charge in [0.2, 0.25) is 0 Å². The molecule has 122 valence electrons. The molecule has 0 fully saturated rings. The minimum Gasteiger partial charge on any atom is -0.484 e. The summed E-state index contributed by atoms with van der Waals surface area (Å²) < 4.78 is 6.02. The van der Waals surface area contributed by atoms with Gasteiger partial charge < -0.3 is 10.1 Å². The van der Waals surface area contributed by atoms with Crippen LogP contribution >= 0.6 is 11.3 Å². The van der Waals surface area contributed by atoms with Gasteiger partial charge in [-0.15, -0.1) is 11.3 Å². The van der Waals surface area contributed by atoms with E-state index in [1.54, 1.807) is 11.3 Å². The second-order valence-electron chi connectivity index (χ2n) is 6.83. The number of hydrogen-bond donors (Lipinski definition) is 1. The van der Waals surface area contributed by atoms with Gasteiger partial charge >= 0.3 is 0 Å². The molecule has 2 aromatic carbocycles. The molecular weight excluding hydrogens is 316 g/mol. The number of aryl methyl sites for hydroxylation is 1. The first-order valence-corrected chi connectivity index (χ1v) is 8.98. The van der Waals surface area contributed by atoms with Gasteiger partial charge in [0, 0.05) is 16.5 Å². The average molecular weight is 336 g/mol. The molecule has 0 aliphatic carbocycles. The van der Waals surface area contributed by atoms with Crippen molar-refractivity contribution in [3.63, 3.8) is 0 Å². The Labute approximate surface area is 146 Å². The largest absolute Gasteiger partial charge is 0.484 e. The summed E-state index contributed by atoms with van der Waals surface area (Å²) in [5.41, 5.74) is 5.43. The summed E-state index contributed by atoms with van der Waals surface area (Å²) in [5.74, 6) is 0.908. The van der Waals surface area contributed by atoms with E-state index < -0.39 is 0 Å². The number of ether oxygens (including phenoxy) is 1. The molecule has 1 aromatic heterocycles. The maximum Gasteiger partial charge on any atom is 0.143 e. The van der Waals surface area contributed by atoms with Gasteiger partial charge in [0.1, 0.15) is 16.4 Å². The molecule has 4 heteroatoms. The van der Waals surface area contributed by atoms with Gasteiger partial charge in [-0.3, -0.25) is 0 Å². The first kappa shape index (κ1) is 15.2. The van der Waals surface area contributed by atoms with Crippen molar-refractivity contribution < 1.29 is 4.74 Å². The predicted molar refractivity (Wildman–Crippen MR) is 101 cm³/mol. The number of nitrogens with one attached hydrogen (secondary N) is 1. The Morgan fingerprint density at radius 1 is 1.08 bits per heavy atom. The molecule has 0 saturated carbocycles. The molecule has 4 rings (SSSR count). The van der Waals surface area contributed by atoms with Crippen molar-refractivity contribution in [2.75, 3.05) is 11.9 Å². The van der Waals surface area contributed by atoms with Crippen LogP contribution in [-0.4, -0.2) is 17.1 Å². The Morgan fingerprint density at radius 3 is 2.62 bits per heavy atom. The lowest BCUT2D eigenvalue weighted by Gasteiger charge is -2.33. The summed E-state index contributed by atoms with van der Waals surface area (Å²) in [6.07, 6.45) is 0. The zero-order chi connectivity index (χ0) is 16.7. The van der Waals surface area contributed by atoms with Crippen molar-refractivity contribution in [2.45, 2.75) is 26.4 Å². The molecule has 0 bridgehead atoms. The number of fused-ring (bicyclic) bond motifs is 1. The normalized spacial score (nSPS) is 15.3. The summed E-state index contributed by atoms with van der Waals surface area (Å²) in [4.78, 5) is 4.81. The van der Waals surface area contributed by atoms with Crippen LogP contribution in [0.4, 0.5) is 5.69 Å². The van der Waals surface area contributed by atoms with Crippen molar-refractivity contribution >= 4 is 17.0 Å². The first-order valence-electron chi connectivity index (χ1n) is 8.10. The van der Waals surface area contributed by atoms with Gasteiger partial charge in [0.25, 0.3) is 0 Å². The van der Waals surface area contributed by atoms with Gasteiger partial charge in [-0.2, -0.15) is 0 Å². The Morgan fingerprint density at radius 2 is 1.83 bits per heavy atom. The van der Waals surface area contributed by atoms with E-state index in [-0.39, 0.29) is 5.60 Å². The lowest BCUT2D eigenvalue weighted by Crippen LogP contribution is -2.39. The molecule has 3 aromatic rings. The summed E-state index contributed by atoms with van der Waals surface area (Å²) in [5, 5.41) is 6.60. The van der Waals surface area contributed by atoms with E-state index >= 15 is 0 Å². The Hall–Kier alpha value is -2.33. The number of rotatable bonds is 2. The van der Waals surface area contributed by atoms with E-state index in [1.165, 1.54) is 5.56 Å². The third kappa shape index (κ3) is 2.89. The minimum absolute atomic E-state index is 0.172. The van der Waals surface area contributed by atoms with E-state index in [4.69, 9.17) is 9.72 Å². The van der Waals surface area contributed by atoms with E-state index in [0.717, 1.165) is 39.8 Å². The quantitative estimate of drug-likeness (QED) is 0.683. The second-order valence-corrected chi connectivity index (χ2v) is 7.69. The van der Waals surface area contributed by atoms with Crippen LogP contribution in [0, 0.1) is 6.92 Å². The van der Waals surface area contributed by atoms with Crippen LogP contribution in [0.1, 0.15) is 19.4 Å². The Balaban J connectivity index is 1.64. The maximum atomic E-state index is 6.02. The SMILES string of the molecule is Cc1ccc(-c2csc(-c3ccc4c(c3)NCC(C)(C)O4)n2)cc1. The van der Waals surface area contributed by atoms with Crippen LogP contribution in [0.15, 0.2) is 47.8 Å². The molecule has 0 unspecified atom stereocenters. The average Bonchev–Trinajstić information content (AvgIpc) is 3.04. The summed E-state index contributed by atoms with van der Waals surface area (Å²) in [6, 6.07) is 14.7. The molecule has 0 amide bonds. The van der Waals surface area contributed by atoms with Crippen LogP contribution in [0.25, 0.3) is 21.8 Å². The number of benzene rings is 2. The molecule has 1 N–H and O–H groups in total. The number of anilines is 1. The van der Waals surface area contributed by atoms with E-state index in [9.17, 15) is 0 Å². The van der Waals surface area contributed by atoms with Crippen LogP contribution in [0.2, 0.25) is 0 Å². The number of thiazole rings is 1. The predicted octanol–water partition coefficient (Wildman–Crippen LogP) is 5.37.